The van der Waals surface area contributed by atoms with Crippen LogP contribution in [0.5, 0.6) is 0 Å². The molecular weight excluding hydrogens is 294 g/mol. The summed E-state index contributed by atoms with van der Waals surface area (Å²) < 4.78 is 10.2. The highest BCUT2D eigenvalue weighted by molar-refractivity contribution is 5.86. The number of carbonyl (C=O) groups excluding carboxylic acids is 2. The van der Waals surface area contributed by atoms with Crippen LogP contribution in [0.4, 0.5) is 4.79 Å². The first-order valence-corrected chi connectivity index (χ1v) is 8.78. The van der Waals surface area contributed by atoms with Crippen LogP contribution in [0.25, 0.3) is 0 Å². The Balaban J connectivity index is 3.69. The average Bonchev–Trinajstić information content (AvgIpc) is 2.53. The molecule has 0 spiro atoms. The van der Waals surface area contributed by atoms with Crippen LogP contribution >= 0.6 is 0 Å². The Morgan fingerprint density at radius 1 is 1.04 bits per heavy atom. The van der Waals surface area contributed by atoms with Crippen molar-refractivity contribution in [2.24, 2.45) is 0 Å². The standard InChI is InChI=1S/C18H33NO4/c1-5-7-8-9-10-11-12-13-19-18(21)23-16(6-2)14-22-17(20)15(3)4/h16H,3,5-14H2,1-2,4H3,(H,19,21). The molecule has 0 radical (unpaired) electrons. The molecule has 5 nitrogen and oxygen atoms in total. The lowest BCUT2D eigenvalue weighted by atomic mass is 10.1. The van der Waals surface area contributed by atoms with Gasteiger partial charge in [-0.15, -0.1) is 0 Å². The topological polar surface area (TPSA) is 64.6 Å². The maximum absolute atomic E-state index is 11.7. The number of amides is 1. The van der Waals surface area contributed by atoms with Gasteiger partial charge >= 0.3 is 12.1 Å². The van der Waals surface area contributed by atoms with Crippen LogP contribution < -0.4 is 5.32 Å². The first-order chi connectivity index (χ1) is 11.0. The highest BCUT2D eigenvalue weighted by Crippen LogP contribution is 2.06. The molecule has 0 aromatic rings. The van der Waals surface area contributed by atoms with E-state index in [1.54, 1.807) is 6.92 Å². The van der Waals surface area contributed by atoms with Crippen LogP contribution in [-0.2, 0) is 14.3 Å². The summed E-state index contributed by atoms with van der Waals surface area (Å²) in [6.45, 7) is 9.86. The zero-order valence-electron chi connectivity index (χ0n) is 15.0. The van der Waals surface area contributed by atoms with E-state index in [0.29, 0.717) is 18.5 Å². The maximum Gasteiger partial charge on any atom is 0.407 e. The van der Waals surface area contributed by atoms with Gasteiger partial charge in [0.05, 0.1) is 0 Å². The number of hydrogen-bond acceptors (Lipinski definition) is 4. The fraction of sp³-hybridized carbons (Fsp3) is 0.778. The molecule has 0 heterocycles. The molecule has 1 amide bonds. The van der Waals surface area contributed by atoms with Gasteiger partial charge in [0, 0.05) is 12.1 Å². The Morgan fingerprint density at radius 2 is 1.65 bits per heavy atom. The molecule has 0 aromatic carbocycles. The van der Waals surface area contributed by atoms with Gasteiger partial charge < -0.3 is 14.8 Å². The molecule has 0 aromatic heterocycles. The number of rotatable bonds is 13. The molecule has 23 heavy (non-hydrogen) atoms. The van der Waals surface area contributed by atoms with E-state index < -0.39 is 18.2 Å². The summed E-state index contributed by atoms with van der Waals surface area (Å²) in [5, 5.41) is 2.74. The molecule has 0 bridgehead atoms. The van der Waals surface area contributed by atoms with Crippen LogP contribution in [0.3, 0.4) is 0 Å². The van der Waals surface area contributed by atoms with Gasteiger partial charge in [-0.3, -0.25) is 0 Å². The molecule has 1 atom stereocenters. The number of hydrogen-bond donors (Lipinski definition) is 1. The highest BCUT2D eigenvalue weighted by atomic mass is 16.6. The molecule has 0 aliphatic rings. The van der Waals surface area contributed by atoms with Crippen molar-refractivity contribution in [1.82, 2.24) is 5.32 Å². The van der Waals surface area contributed by atoms with E-state index in [1.165, 1.54) is 32.1 Å². The lowest BCUT2D eigenvalue weighted by molar-refractivity contribution is -0.142. The molecule has 0 aliphatic heterocycles. The van der Waals surface area contributed by atoms with Gasteiger partial charge in [0.25, 0.3) is 0 Å². The number of nitrogens with one attached hydrogen (secondary N) is 1. The third-order valence-corrected chi connectivity index (χ3v) is 3.53. The Kier molecular flexibility index (Phi) is 13.2. The van der Waals surface area contributed by atoms with E-state index in [-0.39, 0.29) is 6.61 Å². The Morgan fingerprint density at radius 3 is 2.22 bits per heavy atom. The Labute approximate surface area is 140 Å². The third kappa shape index (κ3) is 12.7. The quantitative estimate of drug-likeness (QED) is 0.310. The molecule has 0 rings (SSSR count). The van der Waals surface area contributed by atoms with Crippen molar-refractivity contribution in [3.8, 4) is 0 Å². The van der Waals surface area contributed by atoms with E-state index in [1.807, 2.05) is 6.92 Å². The minimum atomic E-state index is -0.462. The van der Waals surface area contributed by atoms with E-state index >= 15 is 0 Å². The maximum atomic E-state index is 11.7. The largest absolute Gasteiger partial charge is 0.458 e. The van der Waals surface area contributed by atoms with E-state index in [4.69, 9.17) is 9.47 Å². The molecule has 134 valence electrons. The first kappa shape index (κ1) is 21.5. The molecule has 1 unspecified atom stereocenters. The van der Waals surface area contributed by atoms with Crippen molar-refractivity contribution in [2.75, 3.05) is 13.2 Å². The number of carbonyl (C=O) groups is 2. The molecule has 0 fully saturated rings. The van der Waals surface area contributed by atoms with Gasteiger partial charge in [0.15, 0.2) is 0 Å². The van der Waals surface area contributed by atoms with Gasteiger partial charge in [-0.05, 0) is 19.8 Å². The fourth-order valence-electron chi connectivity index (χ4n) is 1.99. The highest BCUT2D eigenvalue weighted by Gasteiger charge is 2.15. The minimum absolute atomic E-state index is 0.0625. The smallest absolute Gasteiger partial charge is 0.407 e. The van der Waals surface area contributed by atoms with Crippen molar-refractivity contribution in [3.05, 3.63) is 12.2 Å². The van der Waals surface area contributed by atoms with E-state index in [2.05, 4.69) is 18.8 Å². The van der Waals surface area contributed by atoms with Crippen LogP contribution in [0, 0.1) is 0 Å². The third-order valence-electron chi connectivity index (χ3n) is 3.53. The molecule has 0 saturated heterocycles. The summed E-state index contributed by atoms with van der Waals surface area (Å²) in [4.78, 5) is 23.0. The zero-order valence-corrected chi connectivity index (χ0v) is 15.0. The molecule has 1 N–H and O–H groups in total. The predicted molar refractivity (Wildman–Crippen MR) is 92.3 cm³/mol. The van der Waals surface area contributed by atoms with Crippen molar-refractivity contribution in [3.63, 3.8) is 0 Å². The van der Waals surface area contributed by atoms with Gasteiger partial charge in [0.1, 0.15) is 12.7 Å². The van der Waals surface area contributed by atoms with Crippen molar-refractivity contribution < 1.29 is 19.1 Å². The van der Waals surface area contributed by atoms with Crippen LogP contribution in [-0.4, -0.2) is 31.3 Å². The predicted octanol–water partition coefficient (Wildman–Crippen LogP) is 4.36. The lowest BCUT2D eigenvalue weighted by Gasteiger charge is -2.16. The summed E-state index contributed by atoms with van der Waals surface area (Å²) in [6.07, 6.45) is 8.14. The summed E-state index contributed by atoms with van der Waals surface area (Å²) in [5.74, 6) is -0.462. The number of alkyl carbamates (subject to hydrolysis) is 1. The number of esters is 1. The zero-order chi connectivity index (χ0) is 17.5. The second kappa shape index (κ2) is 14.1. The molecule has 0 aliphatic carbocycles. The van der Waals surface area contributed by atoms with Crippen LogP contribution in [0.1, 0.15) is 72.1 Å². The summed E-state index contributed by atoms with van der Waals surface area (Å²) in [6, 6.07) is 0. The summed E-state index contributed by atoms with van der Waals surface area (Å²) in [7, 11) is 0. The summed E-state index contributed by atoms with van der Waals surface area (Å²) >= 11 is 0. The normalized spacial score (nSPS) is 11.6. The van der Waals surface area contributed by atoms with Crippen molar-refractivity contribution in [2.45, 2.75) is 78.2 Å². The van der Waals surface area contributed by atoms with Gasteiger partial charge in [-0.2, -0.15) is 0 Å². The second-order valence-electron chi connectivity index (χ2n) is 5.86. The number of ether oxygens (including phenoxy) is 2. The Hall–Kier alpha value is -1.52. The SMILES string of the molecule is C=C(C)C(=O)OCC(CC)OC(=O)NCCCCCCCCC. The summed E-state index contributed by atoms with van der Waals surface area (Å²) in [5.41, 5.74) is 0.336. The van der Waals surface area contributed by atoms with Gasteiger partial charge in [-0.25, -0.2) is 9.59 Å². The first-order valence-electron chi connectivity index (χ1n) is 8.78. The number of unbranched alkanes of at least 4 members (excludes halogenated alkanes) is 6. The fourth-order valence-corrected chi connectivity index (χ4v) is 1.99. The van der Waals surface area contributed by atoms with Crippen LogP contribution in [0.2, 0.25) is 0 Å². The van der Waals surface area contributed by atoms with Crippen LogP contribution in [0.15, 0.2) is 12.2 Å². The van der Waals surface area contributed by atoms with Gasteiger partial charge in [0.2, 0.25) is 0 Å². The molecule has 0 saturated carbocycles. The van der Waals surface area contributed by atoms with Crippen molar-refractivity contribution >= 4 is 12.1 Å². The molecular formula is C18H33NO4. The minimum Gasteiger partial charge on any atom is -0.458 e. The lowest BCUT2D eigenvalue weighted by Crippen LogP contribution is -2.32. The van der Waals surface area contributed by atoms with E-state index in [0.717, 1.165) is 12.8 Å². The second-order valence-corrected chi connectivity index (χ2v) is 5.86. The van der Waals surface area contributed by atoms with Crippen molar-refractivity contribution in [1.29, 1.82) is 0 Å². The van der Waals surface area contributed by atoms with Gasteiger partial charge in [-0.1, -0.05) is 59.0 Å². The molecule has 5 heteroatoms. The Bertz CT molecular complexity index is 355. The monoisotopic (exact) mass is 327 g/mol. The average molecular weight is 327 g/mol. The van der Waals surface area contributed by atoms with E-state index in [9.17, 15) is 9.59 Å².